The molecule has 0 aliphatic carbocycles. The second-order valence-electron chi connectivity index (χ2n) is 5.42. The van der Waals surface area contributed by atoms with Crippen LogP contribution in [0.5, 0.6) is 0 Å². The molecule has 2 aliphatic heterocycles. The lowest BCUT2D eigenvalue weighted by atomic mass is 10.0. The van der Waals surface area contributed by atoms with Gasteiger partial charge in [0.2, 0.25) is 0 Å². The number of carboxylic acid groups (broad SMARTS) is 1. The summed E-state index contributed by atoms with van der Waals surface area (Å²) in [6.07, 6.45) is 3.66. The molecule has 0 aromatic heterocycles. The third kappa shape index (κ3) is 3.93. The summed E-state index contributed by atoms with van der Waals surface area (Å²) in [5.41, 5.74) is 0. The summed E-state index contributed by atoms with van der Waals surface area (Å²) in [5.74, 6) is -0.719. The standard InChI is InChI=1S/C13H24N2O3/c1-11-9-12(3-8-18-11)15-5-2-4-14(6-7-15)10-13(16)17/h11-12H,2-10H2,1H3,(H,16,17). The van der Waals surface area contributed by atoms with Gasteiger partial charge in [-0.15, -0.1) is 0 Å². The van der Waals surface area contributed by atoms with Crippen molar-refractivity contribution in [3.8, 4) is 0 Å². The smallest absolute Gasteiger partial charge is 0.317 e. The fourth-order valence-electron chi connectivity index (χ4n) is 3.01. The first kappa shape index (κ1) is 13.8. The van der Waals surface area contributed by atoms with Crippen LogP contribution in [0.4, 0.5) is 0 Å². The third-order valence-electron chi connectivity index (χ3n) is 3.96. The maximum atomic E-state index is 10.7. The van der Waals surface area contributed by atoms with Crippen molar-refractivity contribution < 1.29 is 14.6 Å². The molecule has 1 N–H and O–H groups in total. The molecule has 2 rings (SSSR count). The summed E-state index contributed by atoms with van der Waals surface area (Å²) in [4.78, 5) is 15.3. The van der Waals surface area contributed by atoms with Gasteiger partial charge in [-0.25, -0.2) is 0 Å². The number of nitrogens with zero attached hydrogens (tertiary/aromatic N) is 2. The number of carbonyl (C=O) groups is 1. The molecule has 0 spiro atoms. The first-order valence-corrected chi connectivity index (χ1v) is 6.95. The van der Waals surface area contributed by atoms with Crippen LogP contribution in [0.2, 0.25) is 0 Å². The molecule has 104 valence electrons. The highest BCUT2D eigenvalue weighted by molar-refractivity contribution is 5.69. The van der Waals surface area contributed by atoms with Crippen molar-refractivity contribution in [1.29, 1.82) is 0 Å². The fourth-order valence-corrected chi connectivity index (χ4v) is 3.01. The van der Waals surface area contributed by atoms with Crippen molar-refractivity contribution in [2.75, 3.05) is 39.3 Å². The molecule has 0 aromatic rings. The summed E-state index contributed by atoms with van der Waals surface area (Å²) in [6.45, 7) is 7.04. The van der Waals surface area contributed by atoms with E-state index in [1.165, 1.54) is 0 Å². The molecule has 2 fully saturated rings. The Morgan fingerprint density at radius 2 is 2.17 bits per heavy atom. The van der Waals surface area contributed by atoms with Gasteiger partial charge in [0.05, 0.1) is 12.6 Å². The Hall–Kier alpha value is -0.650. The van der Waals surface area contributed by atoms with Gasteiger partial charge in [-0.2, -0.15) is 0 Å². The van der Waals surface area contributed by atoms with E-state index in [4.69, 9.17) is 9.84 Å². The summed E-state index contributed by atoms with van der Waals surface area (Å²) >= 11 is 0. The average molecular weight is 256 g/mol. The first-order valence-electron chi connectivity index (χ1n) is 6.95. The zero-order valence-corrected chi connectivity index (χ0v) is 11.2. The number of rotatable bonds is 3. The fraction of sp³-hybridized carbons (Fsp3) is 0.923. The number of hydrogen-bond donors (Lipinski definition) is 1. The van der Waals surface area contributed by atoms with E-state index in [9.17, 15) is 4.79 Å². The Kier molecular flexibility index (Phi) is 4.97. The predicted octanol–water partition coefficient (Wildman–Crippen LogP) is 0.646. The van der Waals surface area contributed by atoms with Crippen LogP contribution in [0.3, 0.4) is 0 Å². The van der Waals surface area contributed by atoms with E-state index in [1.54, 1.807) is 0 Å². The SMILES string of the molecule is CC1CC(N2CCCN(CC(=O)O)CC2)CCO1. The molecule has 0 radical (unpaired) electrons. The van der Waals surface area contributed by atoms with Crippen LogP contribution in [0.25, 0.3) is 0 Å². The van der Waals surface area contributed by atoms with E-state index >= 15 is 0 Å². The molecule has 0 bridgehead atoms. The predicted molar refractivity (Wildman–Crippen MR) is 68.7 cm³/mol. The zero-order valence-electron chi connectivity index (χ0n) is 11.2. The Balaban J connectivity index is 1.82. The highest BCUT2D eigenvalue weighted by Crippen LogP contribution is 2.20. The van der Waals surface area contributed by atoms with Crippen molar-refractivity contribution in [3.05, 3.63) is 0 Å². The summed E-state index contributed by atoms with van der Waals surface area (Å²) < 4.78 is 5.59. The lowest BCUT2D eigenvalue weighted by Gasteiger charge is -2.36. The zero-order chi connectivity index (χ0) is 13.0. The topological polar surface area (TPSA) is 53.0 Å². The maximum Gasteiger partial charge on any atom is 0.317 e. The number of carboxylic acids is 1. The van der Waals surface area contributed by atoms with Crippen LogP contribution in [0, 0.1) is 0 Å². The van der Waals surface area contributed by atoms with E-state index in [1.807, 2.05) is 4.90 Å². The molecule has 2 saturated heterocycles. The van der Waals surface area contributed by atoms with Crippen molar-refractivity contribution >= 4 is 5.97 Å². The Morgan fingerprint density at radius 1 is 1.33 bits per heavy atom. The van der Waals surface area contributed by atoms with Crippen molar-refractivity contribution in [2.24, 2.45) is 0 Å². The Bertz CT molecular complexity index is 285. The van der Waals surface area contributed by atoms with Gasteiger partial charge in [-0.1, -0.05) is 0 Å². The highest BCUT2D eigenvalue weighted by Gasteiger charge is 2.26. The van der Waals surface area contributed by atoms with Crippen LogP contribution >= 0.6 is 0 Å². The number of hydrogen-bond acceptors (Lipinski definition) is 4. The van der Waals surface area contributed by atoms with Gasteiger partial charge in [0.1, 0.15) is 0 Å². The maximum absolute atomic E-state index is 10.7. The number of ether oxygens (including phenoxy) is 1. The van der Waals surface area contributed by atoms with Gasteiger partial charge in [0.25, 0.3) is 0 Å². The van der Waals surface area contributed by atoms with Gasteiger partial charge < -0.3 is 9.84 Å². The van der Waals surface area contributed by atoms with Gasteiger partial charge in [-0.05, 0) is 32.7 Å². The van der Waals surface area contributed by atoms with Gasteiger partial charge in [0.15, 0.2) is 0 Å². The normalized spacial score (nSPS) is 32.1. The van der Waals surface area contributed by atoms with Gasteiger partial charge in [0, 0.05) is 32.3 Å². The molecular formula is C13H24N2O3. The molecule has 2 heterocycles. The summed E-state index contributed by atoms with van der Waals surface area (Å²) in [7, 11) is 0. The van der Waals surface area contributed by atoms with E-state index < -0.39 is 5.97 Å². The minimum Gasteiger partial charge on any atom is -0.480 e. The van der Waals surface area contributed by atoms with Crippen LogP contribution in [0.15, 0.2) is 0 Å². The molecule has 5 heteroatoms. The van der Waals surface area contributed by atoms with E-state index in [2.05, 4.69) is 11.8 Å². The highest BCUT2D eigenvalue weighted by atomic mass is 16.5. The molecular weight excluding hydrogens is 232 g/mol. The van der Waals surface area contributed by atoms with E-state index in [0.29, 0.717) is 12.1 Å². The molecule has 0 aromatic carbocycles. The summed E-state index contributed by atoms with van der Waals surface area (Å²) in [5, 5.41) is 8.84. The van der Waals surface area contributed by atoms with Crippen LogP contribution in [-0.4, -0.2) is 72.4 Å². The Morgan fingerprint density at radius 3 is 2.89 bits per heavy atom. The second kappa shape index (κ2) is 6.50. The minimum atomic E-state index is -0.719. The third-order valence-corrected chi connectivity index (χ3v) is 3.96. The van der Waals surface area contributed by atoms with Crippen LogP contribution < -0.4 is 0 Å². The van der Waals surface area contributed by atoms with Crippen molar-refractivity contribution in [1.82, 2.24) is 9.80 Å². The lowest BCUT2D eigenvalue weighted by Crippen LogP contribution is -2.43. The second-order valence-corrected chi connectivity index (χ2v) is 5.42. The van der Waals surface area contributed by atoms with Crippen LogP contribution in [-0.2, 0) is 9.53 Å². The summed E-state index contributed by atoms with van der Waals surface area (Å²) in [6, 6.07) is 0.624. The largest absolute Gasteiger partial charge is 0.480 e. The quantitative estimate of drug-likeness (QED) is 0.803. The minimum absolute atomic E-state index is 0.179. The molecule has 18 heavy (non-hydrogen) atoms. The molecule has 2 aliphatic rings. The van der Waals surface area contributed by atoms with E-state index in [0.717, 1.165) is 52.0 Å². The first-order chi connectivity index (χ1) is 8.65. The van der Waals surface area contributed by atoms with E-state index in [-0.39, 0.29) is 6.54 Å². The van der Waals surface area contributed by atoms with Crippen molar-refractivity contribution in [3.63, 3.8) is 0 Å². The molecule has 5 nitrogen and oxygen atoms in total. The molecule has 0 saturated carbocycles. The average Bonchev–Trinajstić information content (AvgIpc) is 2.54. The number of aliphatic carboxylic acids is 1. The lowest BCUT2D eigenvalue weighted by molar-refractivity contribution is -0.138. The van der Waals surface area contributed by atoms with Crippen LogP contribution in [0.1, 0.15) is 26.2 Å². The molecule has 0 amide bonds. The van der Waals surface area contributed by atoms with Crippen molar-refractivity contribution in [2.45, 2.75) is 38.3 Å². The molecule has 2 atom stereocenters. The van der Waals surface area contributed by atoms with Gasteiger partial charge in [-0.3, -0.25) is 14.6 Å². The molecule has 2 unspecified atom stereocenters. The monoisotopic (exact) mass is 256 g/mol. The van der Waals surface area contributed by atoms with Gasteiger partial charge >= 0.3 is 5.97 Å². The Labute approximate surface area is 109 Å².